The Morgan fingerprint density at radius 1 is 1.00 bits per heavy atom. The number of methoxy groups -OCH3 is 1. The Bertz CT molecular complexity index is 1980. The highest BCUT2D eigenvalue weighted by molar-refractivity contribution is 7.90. The molecule has 0 bridgehead atoms. The number of benzene rings is 2. The number of Topliss-reactive ketones (excluding diaryl/α,β-unsaturated/α-hetero) is 3. The van der Waals surface area contributed by atoms with E-state index in [9.17, 15) is 49.2 Å². The molecule has 14 nitrogen and oxygen atoms in total. The van der Waals surface area contributed by atoms with Gasteiger partial charge in [-0.05, 0) is 49.6 Å². The van der Waals surface area contributed by atoms with Crippen molar-refractivity contribution < 1.29 is 53.9 Å². The maximum absolute atomic E-state index is 12.5. The average Bonchev–Trinajstić information content (AvgIpc) is 2.98. The number of sulfonamides is 1. The second kappa shape index (κ2) is 15.8. The first-order chi connectivity index (χ1) is 22.7. The number of hydrogen-bond donors (Lipinski definition) is 2. The SMILES string of the molecule is COc1nc(C)nc(NC(=O)NS(=O)(=O)c2ccccc2CCC(F)(F)F)n1.CS(=O)(=O)c1ccc(C(=O)C2C(=O)CCCC2=O)c(Cl)c1. The molecule has 1 saturated carbocycles. The Kier molecular flexibility index (Phi) is 12.6. The number of nitrogens with one attached hydrogen (secondary N) is 2. The van der Waals surface area contributed by atoms with Gasteiger partial charge in [-0.25, -0.2) is 26.4 Å². The summed E-state index contributed by atoms with van der Waals surface area (Å²) in [6.07, 6.45) is -4.32. The second-order valence-electron chi connectivity index (χ2n) is 10.5. The molecule has 1 aromatic heterocycles. The van der Waals surface area contributed by atoms with Crippen molar-refractivity contribution in [1.29, 1.82) is 0 Å². The zero-order valence-corrected chi connectivity index (χ0v) is 28.4. The van der Waals surface area contributed by atoms with E-state index in [0.29, 0.717) is 6.42 Å². The molecule has 2 N–H and O–H groups in total. The molecule has 2 amide bonds. The first-order valence-corrected chi connectivity index (χ1v) is 17.8. The first-order valence-electron chi connectivity index (χ1n) is 14.1. The number of alkyl halides is 3. The predicted molar refractivity (Wildman–Crippen MR) is 168 cm³/mol. The molecule has 3 aromatic rings. The van der Waals surface area contributed by atoms with Gasteiger partial charge >= 0.3 is 18.2 Å². The average molecular weight is 748 g/mol. The van der Waals surface area contributed by atoms with Crippen molar-refractivity contribution in [1.82, 2.24) is 19.7 Å². The van der Waals surface area contributed by atoms with Crippen LogP contribution in [0.2, 0.25) is 5.02 Å². The number of urea groups is 1. The third kappa shape index (κ3) is 11.0. The zero-order chi connectivity index (χ0) is 36.7. The number of ketones is 3. The van der Waals surface area contributed by atoms with E-state index < -0.39 is 73.1 Å². The van der Waals surface area contributed by atoms with Gasteiger partial charge in [0, 0.05) is 31.1 Å². The molecule has 0 atom stereocenters. The molecule has 2 aromatic carbocycles. The highest BCUT2D eigenvalue weighted by atomic mass is 35.5. The standard InChI is InChI=1S/C15H16F3N5O4S.C14H13ClO5S/c1-9-19-12(22-14(20-9)27-2)21-13(24)23-28(25,26)11-6-4-3-5-10(11)7-8-15(16,17)18;1-21(19,20)8-5-6-9(10(15)7-8)14(18)13-11(16)3-2-4-12(13)17/h3-6H,7-8H2,1-2H3,(H2,19,20,21,22,23,24);5-7,13H,2-4H2,1H3. The summed E-state index contributed by atoms with van der Waals surface area (Å²) >= 11 is 5.94. The van der Waals surface area contributed by atoms with Crippen LogP contribution < -0.4 is 14.8 Å². The summed E-state index contributed by atoms with van der Waals surface area (Å²) in [5.74, 6) is -2.82. The van der Waals surface area contributed by atoms with Crippen LogP contribution in [0.25, 0.3) is 0 Å². The summed E-state index contributed by atoms with van der Waals surface area (Å²) in [7, 11) is -6.59. The normalized spacial score (nSPS) is 14.0. The number of hydrogen-bond acceptors (Lipinski definition) is 12. The summed E-state index contributed by atoms with van der Waals surface area (Å²) in [6.45, 7) is 1.50. The minimum absolute atomic E-state index is 0.00216. The number of sulfone groups is 1. The number of rotatable bonds is 9. The Balaban J connectivity index is 0.000000276. The van der Waals surface area contributed by atoms with Crippen molar-refractivity contribution in [2.75, 3.05) is 18.7 Å². The lowest BCUT2D eigenvalue weighted by Gasteiger charge is -2.18. The van der Waals surface area contributed by atoms with Crippen LogP contribution in [0.3, 0.4) is 0 Å². The fourth-order valence-electron chi connectivity index (χ4n) is 4.44. The topological polar surface area (TPSA) is 209 Å². The summed E-state index contributed by atoms with van der Waals surface area (Å²) in [5.41, 5.74) is -0.0736. The van der Waals surface area contributed by atoms with Crippen molar-refractivity contribution >= 4 is 60.8 Å². The molecule has 1 heterocycles. The molecule has 49 heavy (non-hydrogen) atoms. The Hall–Kier alpha value is -4.49. The van der Waals surface area contributed by atoms with E-state index in [2.05, 4.69) is 20.3 Å². The van der Waals surface area contributed by atoms with Gasteiger partial charge in [0.1, 0.15) is 11.7 Å². The van der Waals surface area contributed by atoms with Crippen LogP contribution in [0.4, 0.5) is 23.9 Å². The maximum atomic E-state index is 12.5. The van der Waals surface area contributed by atoms with E-state index in [1.54, 1.807) is 4.72 Å². The van der Waals surface area contributed by atoms with Gasteiger partial charge in [-0.15, -0.1) is 0 Å². The van der Waals surface area contributed by atoms with Gasteiger partial charge < -0.3 is 4.74 Å². The van der Waals surface area contributed by atoms with E-state index in [-0.39, 0.29) is 51.7 Å². The van der Waals surface area contributed by atoms with E-state index in [0.717, 1.165) is 18.4 Å². The van der Waals surface area contributed by atoms with E-state index >= 15 is 0 Å². The fourth-order valence-corrected chi connectivity index (χ4v) is 6.60. The number of halogens is 4. The van der Waals surface area contributed by atoms with Crippen LogP contribution >= 0.6 is 11.6 Å². The van der Waals surface area contributed by atoms with Crippen molar-refractivity contribution in [3.05, 3.63) is 64.4 Å². The number of carbonyl (C=O) groups is 4. The van der Waals surface area contributed by atoms with Crippen LogP contribution in [0.5, 0.6) is 6.01 Å². The first kappa shape index (κ1) is 39.0. The molecule has 264 valence electrons. The molecule has 0 radical (unpaired) electrons. The molecular formula is C29H29ClF3N5O9S2. The fraction of sp³-hybridized carbons (Fsp3) is 0.345. The molecule has 20 heteroatoms. The lowest BCUT2D eigenvalue weighted by molar-refractivity contribution is -0.135. The lowest BCUT2D eigenvalue weighted by atomic mass is 9.82. The number of carbonyl (C=O) groups excluding carboxylic acids is 4. The Labute approximate surface area is 283 Å². The number of aromatic nitrogens is 3. The van der Waals surface area contributed by atoms with Gasteiger partial charge in [-0.3, -0.25) is 19.7 Å². The van der Waals surface area contributed by atoms with Crippen molar-refractivity contribution in [3.63, 3.8) is 0 Å². The minimum Gasteiger partial charge on any atom is -0.467 e. The molecule has 1 fully saturated rings. The molecule has 0 unspecified atom stereocenters. The van der Waals surface area contributed by atoms with Gasteiger partial charge in [0.05, 0.1) is 21.9 Å². The number of amides is 2. The van der Waals surface area contributed by atoms with E-state index in [4.69, 9.17) is 16.3 Å². The number of nitrogens with zero attached hydrogens (tertiary/aromatic N) is 3. The highest BCUT2D eigenvalue weighted by Gasteiger charge is 2.37. The number of anilines is 1. The van der Waals surface area contributed by atoms with Gasteiger partial charge in [-0.1, -0.05) is 29.8 Å². The van der Waals surface area contributed by atoms with Crippen molar-refractivity contribution in [3.8, 4) is 6.01 Å². The smallest absolute Gasteiger partial charge is 0.389 e. The van der Waals surface area contributed by atoms with Gasteiger partial charge in [0.25, 0.3) is 10.0 Å². The van der Waals surface area contributed by atoms with Crippen LogP contribution in [0, 0.1) is 12.8 Å². The molecule has 0 aliphatic heterocycles. The summed E-state index contributed by atoms with van der Waals surface area (Å²) in [6, 6.07) is 7.45. The largest absolute Gasteiger partial charge is 0.467 e. The van der Waals surface area contributed by atoms with Crippen LogP contribution in [0.1, 0.15) is 47.4 Å². The van der Waals surface area contributed by atoms with Gasteiger partial charge in [0.15, 0.2) is 27.2 Å². The monoisotopic (exact) mass is 747 g/mol. The Morgan fingerprint density at radius 2 is 1.63 bits per heavy atom. The van der Waals surface area contributed by atoms with Crippen molar-refractivity contribution in [2.45, 2.75) is 55.0 Å². The van der Waals surface area contributed by atoms with Gasteiger partial charge in [0.2, 0.25) is 5.95 Å². The van der Waals surface area contributed by atoms with Crippen molar-refractivity contribution in [2.24, 2.45) is 5.92 Å². The summed E-state index contributed by atoms with van der Waals surface area (Å²) in [5, 5.41) is 2.03. The van der Waals surface area contributed by atoms with Gasteiger partial charge in [-0.2, -0.15) is 28.1 Å². The second-order valence-corrected chi connectivity index (χ2v) is 14.5. The number of ether oxygens (including phenoxy) is 1. The van der Waals surface area contributed by atoms with Crippen LogP contribution in [-0.2, 0) is 35.9 Å². The highest BCUT2D eigenvalue weighted by Crippen LogP contribution is 2.28. The van der Waals surface area contributed by atoms with Crippen LogP contribution in [-0.4, -0.2) is 74.7 Å². The Morgan fingerprint density at radius 3 is 2.20 bits per heavy atom. The minimum atomic E-state index is -4.45. The van der Waals surface area contributed by atoms with E-state index in [1.165, 1.54) is 44.4 Å². The summed E-state index contributed by atoms with van der Waals surface area (Å²) < 4.78 is 91.6. The van der Waals surface area contributed by atoms with E-state index in [1.807, 2.05) is 0 Å². The molecule has 4 rings (SSSR count). The molecular weight excluding hydrogens is 719 g/mol. The zero-order valence-electron chi connectivity index (χ0n) is 26.0. The third-order valence-electron chi connectivity index (χ3n) is 6.69. The lowest BCUT2D eigenvalue weighted by Crippen LogP contribution is -2.35. The molecule has 1 aliphatic carbocycles. The van der Waals surface area contributed by atoms with Crippen LogP contribution in [0.15, 0.2) is 52.3 Å². The quantitative estimate of drug-likeness (QED) is 0.235. The third-order valence-corrected chi connectivity index (χ3v) is 9.54. The summed E-state index contributed by atoms with van der Waals surface area (Å²) in [4.78, 5) is 58.8. The maximum Gasteiger partial charge on any atom is 0.389 e. The molecule has 1 aliphatic rings. The molecule has 0 saturated heterocycles. The molecule has 0 spiro atoms. The predicted octanol–water partition coefficient (Wildman–Crippen LogP) is 4.06. The number of aryl methyl sites for hydroxylation is 2.